The molecule has 108 valence electrons. The second-order valence-electron chi connectivity index (χ2n) is 5.46. The molecule has 1 aromatic rings. The number of amides is 2. The highest BCUT2D eigenvalue weighted by atomic mass is 19.1. The van der Waals surface area contributed by atoms with E-state index in [0.29, 0.717) is 17.7 Å². The van der Waals surface area contributed by atoms with Crippen molar-refractivity contribution in [1.82, 2.24) is 5.32 Å². The average Bonchev–Trinajstić information content (AvgIpc) is 2.39. The van der Waals surface area contributed by atoms with Crippen LogP contribution < -0.4 is 10.2 Å². The minimum Gasteiger partial charge on any atom is -0.340 e. The van der Waals surface area contributed by atoms with E-state index in [1.807, 2.05) is 6.92 Å². The number of hydrogen-bond acceptors (Lipinski definition) is 2. The highest BCUT2D eigenvalue weighted by Crippen LogP contribution is 2.29. The molecule has 2 amide bonds. The normalized spacial score (nSPS) is 26.6. The van der Waals surface area contributed by atoms with Crippen LogP contribution in [0.2, 0.25) is 0 Å². The second kappa shape index (κ2) is 4.89. The zero-order valence-corrected chi connectivity index (χ0v) is 12.2. The van der Waals surface area contributed by atoms with Gasteiger partial charge in [-0.25, -0.2) is 4.39 Å². The number of rotatable bonds is 2. The number of anilines is 1. The largest absolute Gasteiger partial charge is 0.340 e. The summed E-state index contributed by atoms with van der Waals surface area (Å²) < 4.78 is 13.2. The van der Waals surface area contributed by atoms with Crippen molar-refractivity contribution in [3.63, 3.8) is 0 Å². The molecule has 0 spiro atoms. The molecule has 1 aliphatic rings. The first-order chi connectivity index (χ1) is 9.30. The Morgan fingerprint density at radius 2 is 2.05 bits per heavy atom. The van der Waals surface area contributed by atoms with Crippen LogP contribution in [0.25, 0.3) is 0 Å². The number of benzene rings is 1. The summed E-state index contributed by atoms with van der Waals surface area (Å²) in [4.78, 5) is 26.3. The lowest BCUT2D eigenvalue weighted by Crippen LogP contribution is -2.68. The Balaban J connectivity index is 2.51. The average molecular weight is 278 g/mol. The lowest BCUT2D eigenvalue weighted by molar-refractivity contribution is -0.137. The minimum absolute atomic E-state index is 0.165. The fourth-order valence-corrected chi connectivity index (χ4v) is 2.44. The number of carbonyl (C=O) groups excluding carboxylic acids is 2. The first-order valence-corrected chi connectivity index (χ1v) is 6.72. The van der Waals surface area contributed by atoms with Gasteiger partial charge < -0.3 is 5.32 Å². The smallest absolute Gasteiger partial charge is 0.253 e. The van der Waals surface area contributed by atoms with Crippen molar-refractivity contribution in [3.8, 4) is 0 Å². The van der Waals surface area contributed by atoms with Crippen LogP contribution in [0, 0.1) is 12.7 Å². The van der Waals surface area contributed by atoms with E-state index < -0.39 is 11.6 Å². The molecule has 0 aromatic heterocycles. The third-order valence-corrected chi connectivity index (χ3v) is 3.98. The molecule has 1 N–H and O–H groups in total. The number of halogens is 1. The van der Waals surface area contributed by atoms with Crippen molar-refractivity contribution < 1.29 is 14.0 Å². The van der Waals surface area contributed by atoms with Gasteiger partial charge in [-0.15, -0.1) is 0 Å². The summed E-state index contributed by atoms with van der Waals surface area (Å²) >= 11 is 0. The molecule has 1 fully saturated rings. The number of piperazine rings is 1. The van der Waals surface area contributed by atoms with Gasteiger partial charge in [0.2, 0.25) is 5.91 Å². The van der Waals surface area contributed by atoms with E-state index in [-0.39, 0.29) is 17.6 Å². The summed E-state index contributed by atoms with van der Waals surface area (Å²) in [5.41, 5.74) is 0.307. The van der Waals surface area contributed by atoms with Gasteiger partial charge in [0, 0.05) is 5.69 Å². The van der Waals surface area contributed by atoms with Crippen LogP contribution in [0.1, 0.15) is 32.8 Å². The van der Waals surface area contributed by atoms with E-state index in [9.17, 15) is 14.0 Å². The molecule has 2 unspecified atom stereocenters. The first kappa shape index (κ1) is 14.5. The molecule has 1 heterocycles. The second-order valence-corrected chi connectivity index (χ2v) is 5.46. The maximum Gasteiger partial charge on any atom is 0.253 e. The standard InChI is InChI=1S/C15H19FN2O2/c1-5-15(4)14(20)18(10(3)13(19)17-15)12-7-6-11(16)8-9(12)2/h6-8,10H,5H2,1-4H3,(H,17,19). The number of nitrogens with zero attached hydrogens (tertiary/aromatic N) is 1. The monoisotopic (exact) mass is 278 g/mol. The summed E-state index contributed by atoms with van der Waals surface area (Å²) in [6.07, 6.45) is 0.501. The highest BCUT2D eigenvalue weighted by Gasteiger charge is 2.46. The molecule has 20 heavy (non-hydrogen) atoms. The zero-order valence-electron chi connectivity index (χ0n) is 12.2. The van der Waals surface area contributed by atoms with Gasteiger partial charge in [0.1, 0.15) is 17.4 Å². The molecule has 5 heteroatoms. The summed E-state index contributed by atoms with van der Waals surface area (Å²) in [6, 6.07) is 3.61. The Bertz CT molecular complexity index is 573. The molecule has 4 nitrogen and oxygen atoms in total. The van der Waals surface area contributed by atoms with Gasteiger partial charge in [-0.3, -0.25) is 14.5 Å². The predicted molar refractivity (Wildman–Crippen MR) is 74.9 cm³/mol. The molecule has 0 aliphatic carbocycles. The van der Waals surface area contributed by atoms with Crippen LogP contribution in [0.3, 0.4) is 0 Å². The maximum absolute atomic E-state index is 13.2. The Morgan fingerprint density at radius 1 is 1.40 bits per heavy atom. The first-order valence-electron chi connectivity index (χ1n) is 6.72. The molecule has 0 saturated carbocycles. The van der Waals surface area contributed by atoms with Crippen molar-refractivity contribution in [2.75, 3.05) is 4.90 Å². The van der Waals surface area contributed by atoms with Crippen LogP contribution in [-0.4, -0.2) is 23.4 Å². The van der Waals surface area contributed by atoms with Crippen molar-refractivity contribution in [2.24, 2.45) is 0 Å². The molecule has 0 radical (unpaired) electrons. The van der Waals surface area contributed by atoms with Crippen LogP contribution in [0.5, 0.6) is 0 Å². The van der Waals surface area contributed by atoms with Crippen LogP contribution in [0.4, 0.5) is 10.1 Å². The predicted octanol–water partition coefficient (Wildman–Crippen LogP) is 2.15. The highest BCUT2D eigenvalue weighted by molar-refractivity contribution is 6.10. The minimum atomic E-state index is -0.912. The van der Waals surface area contributed by atoms with E-state index in [1.165, 1.54) is 17.0 Å². The van der Waals surface area contributed by atoms with Gasteiger partial charge in [0.05, 0.1) is 0 Å². The number of carbonyl (C=O) groups is 2. The molecule has 0 bridgehead atoms. The van der Waals surface area contributed by atoms with Gasteiger partial charge in [-0.2, -0.15) is 0 Å². The summed E-state index contributed by atoms with van der Waals surface area (Å²) in [7, 11) is 0. The lowest BCUT2D eigenvalue weighted by Gasteiger charge is -2.43. The van der Waals surface area contributed by atoms with E-state index >= 15 is 0 Å². The van der Waals surface area contributed by atoms with Gasteiger partial charge >= 0.3 is 0 Å². The van der Waals surface area contributed by atoms with Gasteiger partial charge in [0.25, 0.3) is 5.91 Å². The summed E-state index contributed by atoms with van der Waals surface area (Å²) in [5, 5.41) is 2.77. The SMILES string of the molecule is CCC1(C)NC(=O)C(C)N(c2ccc(F)cc2C)C1=O. The molecule has 2 rings (SSSR count). The molecular formula is C15H19FN2O2. The van der Waals surface area contributed by atoms with Crippen molar-refractivity contribution in [2.45, 2.75) is 45.7 Å². The molecular weight excluding hydrogens is 259 g/mol. The number of aryl methyl sites for hydroxylation is 1. The lowest BCUT2D eigenvalue weighted by atomic mass is 9.91. The van der Waals surface area contributed by atoms with Gasteiger partial charge in [-0.1, -0.05) is 6.92 Å². The van der Waals surface area contributed by atoms with Crippen molar-refractivity contribution >= 4 is 17.5 Å². The van der Waals surface area contributed by atoms with Gasteiger partial charge in [-0.05, 0) is 51.0 Å². The number of hydrogen-bond donors (Lipinski definition) is 1. The Hall–Kier alpha value is -1.91. The summed E-state index contributed by atoms with van der Waals surface area (Å²) in [6.45, 7) is 6.97. The van der Waals surface area contributed by atoms with E-state index in [2.05, 4.69) is 5.32 Å². The maximum atomic E-state index is 13.2. The van der Waals surface area contributed by atoms with Crippen LogP contribution in [0.15, 0.2) is 18.2 Å². The fraction of sp³-hybridized carbons (Fsp3) is 0.467. The molecule has 1 aliphatic heterocycles. The summed E-state index contributed by atoms with van der Waals surface area (Å²) in [5.74, 6) is -0.717. The van der Waals surface area contributed by atoms with Crippen LogP contribution in [-0.2, 0) is 9.59 Å². The Kier molecular flexibility index (Phi) is 3.54. The van der Waals surface area contributed by atoms with Crippen LogP contribution >= 0.6 is 0 Å². The fourth-order valence-electron chi connectivity index (χ4n) is 2.44. The third-order valence-electron chi connectivity index (χ3n) is 3.98. The van der Waals surface area contributed by atoms with E-state index in [4.69, 9.17) is 0 Å². The van der Waals surface area contributed by atoms with E-state index in [1.54, 1.807) is 26.8 Å². The third kappa shape index (κ3) is 2.17. The Labute approximate surface area is 118 Å². The Morgan fingerprint density at radius 3 is 2.60 bits per heavy atom. The van der Waals surface area contributed by atoms with E-state index in [0.717, 1.165) is 0 Å². The number of nitrogens with one attached hydrogen (secondary N) is 1. The zero-order chi connectivity index (χ0) is 15.1. The van der Waals surface area contributed by atoms with Gasteiger partial charge in [0.15, 0.2) is 0 Å². The van der Waals surface area contributed by atoms with Crippen molar-refractivity contribution in [3.05, 3.63) is 29.6 Å². The topological polar surface area (TPSA) is 49.4 Å². The molecule has 1 aromatic carbocycles. The quantitative estimate of drug-likeness (QED) is 0.901. The molecule has 1 saturated heterocycles. The molecule has 2 atom stereocenters. The van der Waals surface area contributed by atoms with Crippen molar-refractivity contribution in [1.29, 1.82) is 0 Å².